The predicted octanol–water partition coefficient (Wildman–Crippen LogP) is 2.51. The van der Waals surface area contributed by atoms with Crippen molar-refractivity contribution in [2.75, 3.05) is 0 Å². The van der Waals surface area contributed by atoms with Crippen molar-refractivity contribution in [2.24, 2.45) is 0 Å². The maximum absolute atomic E-state index is 12.2. The zero-order valence-corrected chi connectivity index (χ0v) is 14.1. The molecule has 2 aromatic rings. The van der Waals surface area contributed by atoms with Crippen LogP contribution in [-0.2, 0) is 11.2 Å². The fourth-order valence-corrected chi connectivity index (χ4v) is 2.75. The average Bonchev–Trinajstić information content (AvgIpc) is 2.46. The summed E-state index contributed by atoms with van der Waals surface area (Å²) in [6.07, 6.45) is 0.658. The molecule has 2 N–H and O–H groups in total. The van der Waals surface area contributed by atoms with Crippen molar-refractivity contribution < 1.29 is 4.79 Å². The molecule has 1 amide bonds. The minimum absolute atomic E-state index is 0.0563. The molecule has 1 aromatic carbocycles. The Kier molecular flexibility index (Phi) is 5.32. The maximum atomic E-state index is 12.2. The van der Waals surface area contributed by atoms with E-state index >= 15 is 0 Å². The maximum Gasteiger partial charge on any atom is 0.254 e. The summed E-state index contributed by atoms with van der Waals surface area (Å²) < 4.78 is 0. The molecule has 23 heavy (non-hydrogen) atoms. The highest BCUT2D eigenvalue weighted by atomic mass is 16.1. The summed E-state index contributed by atoms with van der Waals surface area (Å²) in [5.74, 6) is 0.522. The first-order valence-electron chi connectivity index (χ1n) is 7.79. The van der Waals surface area contributed by atoms with E-state index < -0.39 is 0 Å². The minimum Gasteiger partial charge on any atom is -0.350 e. The highest BCUT2D eigenvalue weighted by Crippen LogP contribution is 2.16. The molecule has 0 unspecified atom stereocenters. The Balaban J connectivity index is 1.99. The van der Waals surface area contributed by atoms with Crippen LogP contribution in [0.25, 0.3) is 0 Å². The molecular weight excluding hydrogens is 290 g/mol. The summed E-state index contributed by atoms with van der Waals surface area (Å²) in [5.41, 5.74) is 3.36. The Morgan fingerprint density at radius 1 is 1.26 bits per heavy atom. The number of nitrogens with zero attached hydrogens (tertiary/aromatic N) is 1. The lowest BCUT2D eigenvalue weighted by atomic mass is 10.0. The first-order chi connectivity index (χ1) is 10.9. The summed E-state index contributed by atoms with van der Waals surface area (Å²) in [7, 11) is 0. The van der Waals surface area contributed by atoms with Gasteiger partial charge in [0.15, 0.2) is 0 Å². The van der Waals surface area contributed by atoms with Gasteiger partial charge in [-0.3, -0.25) is 9.59 Å². The van der Waals surface area contributed by atoms with Crippen LogP contribution < -0.4 is 10.9 Å². The van der Waals surface area contributed by atoms with Gasteiger partial charge in [0, 0.05) is 17.7 Å². The molecule has 0 saturated carbocycles. The molecule has 1 aromatic heterocycles. The second-order valence-electron chi connectivity index (χ2n) is 5.86. The van der Waals surface area contributed by atoms with E-state index in [0.717, 1.165) is 11.1 Å². The Hall–Kier alpha value is -2.43. The van der Waals surface area contributed by atoms with Gasteiger partial charge in [-0.15, -0.1) is 0 Å². The van der Waals surface area contributed by atoms with Gasteiger partial charge in [0.25, 0.3) is 5.56 Å². The molecule has 5 heteroatoms. The Bertz CT molecular complexity index is 765. The molecule has 0 fully saturated rings. The summed E-state index contributed by atoms with van der Waals surface area (Å²) in [6.45, 7) is 7.53. The van der Waals surface area contributed by atoms with Crippen LogP contribution in [0.15, 0.2) is 29.1 Å². The second-order valence-corrected chi connectivity index (χ2v) is 5.86. The van der Waals surface area contributed by atoms with Crippen LogP contribution in [0.4, 0.5) is 0 Å². The number of aromatic amines is 1. The number of rotatable bonds is 5. The Morgan fingerprint density at radius 2 is 1.96 bits per heavy atom. The summed E-state index contributed by atoms with van der Waals surface area (Å²) in [6, 6.07) is 7.93. The molecule has 0 aliphatic heterocycles. The first-order valence-corrected chi connectivity index (χ1v) is 7.79. The summed E-state index contributed by atoms with van der Waals surface area (Å²) in [4.78, 5) is 31.0. The summed E-state index contributed by atoms with van der Waals surface area (Å²) >= 11 is 0. The molecule has 5 nitrogen and oxygen atoms in total. The van der Waals surface area contributed by atoms with Crippen LogP contribution in [-0.4, -0.2) is 15.9 Å². The molecule has 2 rings (SSSR count). The second kappa shape index (κ2) is 7.22. The lowest BCUT2D eigenvalue weighted by Gasteiger charge is -2.16. The number of aromatic nitrogens is 2. The van der Waals surface area contributed by atoms with E-state index in [9.17, 15) is 9.59 Å². The van der Waals surface area contributed by atoms with Crippen LogP contribution in [0.5, 0.6) is 0 Å². The van der Waals surface area contributed by atoms with Crippen molar-refractivity contribution >= 4 is 5.91 Å². The molecule has 0 saturated heterocycles. The van der Waals surface area contributed by atoms with Gasteiger partial charge in [0.2, 0.25) is 5.91 Å². The number of aryl methyl sites for hydroxylation is 3. The number of H-pyrrole nitrogens is 1. The van der Waals surface area contributed by atoms with Crippen molar-refractivity contribution in [3.8, 4) is 0 Å². The monoisotopic (exact) mass is 313 g/mol. The smallest absolute Gasteiger partial charge is 0.254 e. The largest absolute Gasteiger partial charge is 0.350 e. The lowest BCUT2D eigenvalue weighted by molar-refractivity contribution is -0.121. The van der Waals surface area contributed by atoms with Crippen LogP contribution in [0.1, 0.15) is 47.6 Å². The number of amides is 1. The van der Waals surface area contributed by atoms with Gasteiger partial charge in [0.1, 0.15) is 5.82 Å². The third-order valence-electron chi connectivity index (χ3n) is 3.98. The molecule has 1 atom stereocenters. The molecule has 0 aliphatic rings. The van der Waals surface area contributed by atoms with Crippen molar-refractivity contribution in [1.82, 2.24) is 15.3 Å². The van der Waals surface area contributed by atoms with E-state index in [1.165, 1.54) is 0 Å². The van der Waals surface area contributed by atoms with Gasteiger partial charge in [-0.05, 0) is 45.2 Å². The van der Waals surface area contributed by atoms with Crippen LogP contribution in [0.3, 0.4) is 0 Å². The zero-order chi connectivity index (χ0) is 17.0. The van der Waals surface area contributed by atoms with Crippen molar-refractivity contribution in [1.29, 1.82) is 0 Å². The molecule has 0 aliphatic carbocycles. The number of carbonyl (C=O) groups is 1. The number of carbonyl (C=O) groups excluding carboxylic acids is 1. The van der Waals surface area contributed by atoms with Gasteiger partial charge >= 0.3 is 0 Å². The highest BCUT2D eigenvalue weighted by Gasteiger charge is 2.13. The Morgan fingerprint density at radius 3 is 2.61 bits per heavy atom. The normalized spacial score (nSPS) is 12.0. The third kappa shape index (κ3) is 4.28. The van der Waals surface area contributed by atoms with E-state index in [0.29, 0.717) is 23.5 Å². The van der Waals surface area contributed by atoms with Crippen molar-refractivity contribution in [2.45, 2.75) is 46.6 Å². The molecule has 0 bridgehead atoms. The SMILES string of the molecule is Cc1nc(C)c(CCC(=O)N[C@@H](C)c2ccccc2C)c(=O)[nH]1. The quantitative estimate of drug-likeness (QED) is 0.890. The van der Waals surface area contributed by atoms with E-state index in [4.69, 9.17) is 0 Å². The van der Waals surface area contributed by atoms with Crippen LogP contribution in [0.2, 0.25) is 0 Å². The number of nitrogens with one attached hydrogen (secondary N) is 2. The summed E-state index contributed by atoms with van der Waals surface area (Å²) in [5, 5.41) is 2.99. The fourth-order valence-electron chi connectivity index (χ4n) is 2.75. The van der Waals surface area contributed by atoms with Gasteiger partial charge in [-0.1, -0.05) is 24.3 Å². The van der Waals surface area contributed by atoms with E-state index in [1.807, 2.05) is 38.1 Å². The fraction of sp³-hybridized carbons (Fsp3) is 0.389. The molecule has 0 radical (unpaired) electrons. The third-order valence-corrected chi connectivity index (χ3v) is 3.98. The van der Waals surface area contributed by atoms with Crippen molar-refractivity contribution in [3.63, 3.8) is 0 Å². The Labute approximate surface area is 136 Å². The van der Waals surface area contributed by atoms with Crippen LogP contribution in [0, 0.1) is 20.8 Å². The van der Waals surface area contributed by atoms with Gasteiger partial charge in [-0.2, -0.15) is 0 Å². The molecule has 1 heterocycles. The molecular formula is C18H23N3O2. The molecule has 0 spiro atoms. The van der Waals surface area contributed by atoms with Crippen molar-refractivity contribution in [3.05, 3.63) is 62.8 Å². The zero-order valence-electron chi connectivity index (χ0n) is 14.1. The van der Waals surface area contributed by atoms with Gasteiger partial charge in [-0.25, -0.2) is 4.98 Å². The standard InChI is InChI=1S/C18H23N3O2/c1-11-7-5-6-8-15(11)12(2)20-17(22)10-9-16-13(3)19-14(4)21-18(16)23/h5-8,12H,9-10H2,1-4H3,(H,20,22)(H,19,21,23)/t12-/m0/s1. The minimum atomic E-state index is -0.158. The van der Waals surface area contributed by atoms with E-state index in [1.54, 1.807) is 13.8 Å². The number of hydrogen-bond donors (Lipinski definition) is 2. The van der Waals surface area contributed by atoms with Crippen LogP contribution >= 0.6 is 0 Å². The molecule has 122 valence electrons. The topological polar surface area (TPSA) is 74.8 Å². The number of hydrogen-bond acceptors (Lipinski definition) is 3. The first kappa shape index (κ1) is 16.9. The number of benzene rings is 1. The highest BCUT2D eigenvalue weighted by molar-refractivity contribution is 5.76. The lowest BCUT2D eigenvalue weighted by Crippen LogP contribution is -2.28. The van der Waals surface area contributed by atoms with Gasteiger partial charge in [0.05, 0.1) is 6.04 Å². The van der Waals surface area contributed by atoms with Gasteiger partial charge < -0.3 is 10.3 Å². The van der Waals surface area contributed by atoms with E-state index in [2.05, 4.69) is 15.3 Å². The van der Waals surface area contributed by atoms with E-state index in [-0.39, 0.29) is 23.9 Å². The average molecular weight is 313 g/mol. The predicted molar refractivity (Wildman–Crippen MR) is 90.4 cm³/mol.